The number of nitrogens with one attached hydrogen (secondary N) is 2. The number of ether oxygens (including phenoxy) is 1. The van der Waals surface area contributed by atoms with E-state index in [9.17, 15) is 9.59 Å². The summed E-state index contributed by atoms with van der Waals surface area (Å²) in [6.07, 6.45) is 0. The van der Waals surface area contributed by atoms with E-state index in [0.717, 1.165) is 44.0 Å². The quantitative estimate of drug-likeness (QED) is 0.749. The lowest BCUT2D eigenvalue weighted by Crippen LogP contribution is -2.46. The van der Waals surface area contributed by atoms with E-state index in [1.165, 1.54) is 0 Å². The fraction of sp³-hybridized carbons (Fsp3) is 0.500. The molecular formula is C20H28N4O3S. The first-order valence-electron chi connectivity index (χ1n) is 9.58. The van der Waals surface area contributed by atoms with E-state index in [2.05, 4.69) is 27.5 Å². The van der Waals surface area contributed by atoms with Gasteiger partial charge in [0.2, 0.25) is 0 Å². The molecule has 0 atom stereocenters. The SMILES string of the molecule is Cc1ccc(C(=O)NCCN2CCN(C)CC2)cc1NC(=O)C1=CSCCO1. The lowest BCUT2D eigenvalue weighted by atomic mass is 10.1. The van der Waals surface area contributed by atoms with Crippen LogP contribution in [-0.4, -0.2) is 80.3 Å². The van der Waals surface area contributed by atoms with Gasteiger partial charge < -0.3 is 20.3 Å². The van der Waals surface area contributed by atoms with Crippen molar-refractivity contribution in [3.63, 3.8) is 0 Å². The van der Waals surface area contributed by atoms with Gasteiger partial charge in [0, 0.05) is 61.7 Å². The first-order chi connectivity index (χ1) is 13.5. The molecule has 0 bridgehead atoms. The maximum Gasteiger partial charge on any atom is 0.291 e. The van der Waals surface area contributed by atoms with Crippen LogP contribution in [0, 0.1) is 6.92 Å². The van der Waals surface area contributed by atoms with Crippen LogP contribution in [0.5, 0.6) is 0 Å². The molecule has 0 aliphatic carbocycles. The summed E-state index contributed by atoms with van der Waals surface area (Å²) in [6, 6.07) is 5.34. The van der Waals surface area contributed by atoms with Crippen LogP contribution in [0.2, 0.25) is 0 Å². The molecule has 1 fully saturated rings. The average Bonchev–Trinajstić information content (AvgIpc) is 2.71. The third-order valence-electron chi connectivity index (χ3n) is 4.93. The Bertz CT molecular complexity index is 745. The third-order valence-corrected chi connectivity index (χ3v) is 5.71. The van der Waals surface area contributed by atoms with Crippen LogP contribution in [0.25, 0.3) is 0 Å². The highest BCUT2D eigenvalue weighted by Gasteiger charge is 2.17. The molecule has 1 aromatic carbocycles. The molecule has 2 heterocycles. The van der Waals surface area contributed by atoms with Crippen molar-refractivity contribution in [1.82, 2.24) is 15.1 Å². The van der Waals surface area contributed by atoms with Crippen LogP contribution < -0.4 is 10.6 Å². The minimum absolute atomic E-state index is 0.131. The van der Waals surface area contributed by atoms with E-state index >= 15 is 0 Å². The average molecular weight is 405 g/mol. The number of thioether (sulfide) groups is 1. The van der Waals surface area contributed by atoms with Gasteiger partial charge in [-0.25, -0.2) is 0 Å². The van der Waals surface area contributed by atoms with Gasteiger partial charge in [0.1, 0.15) is 0 Å². The molecule has 0 saturated carbocycles. The van der Waals surface area contributed by atoms with Gasteiger partial charge in [-0.3, -0.25) is 14.5 Å². The molecule has 152 valence electrons. The van der Waals surface area contributed by atoms with Gasteiger partial charge in [-0.15, -0.1) is 11.8 Å². The Morgan fingerprint density at radius 3 is 2.68 bits per heavy atom. The monoisotopic (exact) mass is 404 g/mol. The number of carbonyl (C=O) groups is 2. The number of amides is 2. The summed E-state index contributed by atoms with van der Waals surface area (Å²) >= 11 is 1.56. The molecule has 0 radical (unpaired) electrons. The van der Waals surface area contributed by atoms with Crippen molar-refractivity contribution in [2.75, 3.05) is 64.0 Å². The molecule has 1 aromatic rings. The summed E-state index contributed by atoms with van der Waals surface area (Å²) in [5.74, 6) is 0.744. The Morgan fingerprint density at radius 2 is 1.96 bits per heavy atom. The highest BCUT2D eigenvalue weighted by Crippen LogP contribution is 2.20. The minimum atomic E-state index is -0.289. The minimum Gasteiger partial charge on any atom is -0.487 e. The van der Waals surface area contributed by atoms with Gasteiger partial charge in [-0.1, -0.05) is 6.07 Å². The van der Waals surface area contributed by atoms with Crippen molar-refractivity contribution in [1.29, 1.82) is 0 Å². The zero-order valence-corrected chi connectivity index (χ0v) is 17.3. The molecule has 0 spiro atoms. The zero-order valence-electron chi connectivity index (χ0n) is 16.5. The maximum atomic E-state index is 12.5. The summed E-state index contributed by atoms with van der Waals surface area (Å²) in [4.78, 5) is 29.5. The van der Waals surface area contributed by atoms with Crippen molar-refractivity contribution in [3.8, 4) is 0 Å². The molecule has 3 rings (SSSR count). The lowest BCUT2D eigenvalue weighted by Gasteiger charge is -2.32. The zero-order chi connectivity index (χ0) is 19.9. The van der Waals surface area contributed by atoms with Crippen molar-refractivity contribution in [2.24, 2.45) is 0 Å². The van der Waals surface area contributed by atoms with E-state index in [0.29, 0.717) is 30.2 Å². The molecule has 28 heavy (non-hydrogen) atoms. The van der Waals surface area contributed by atoms with Gasteiger partial charge in [-0.2, -0.15) is 0 Å². The smallest absolute Gasteiger partial charge is 0.291 e. The number of benzene rings is 1. The Balaban J connectivity index is 1.53. The summed E-state index contributed by atoms with van der Waals surface area (Å²) < 4.78 is 5.39. The van der Waals surface area contributed by atoms with Gasteiger partial charge in [-0.05, 0) is 31.7 Å². The van der Waals surface area contributed by atoms with Crippen LogP contribution >= 0.6 is 11.8 Å². The first kappa shape index (κ1) is 20.7. The molecular weight excluding hydrogens is 376 g/mol. The molecule has 2 aliphatic heterocycles. The van der Waals surface area contributed by atoms with Crippen molar-refractivity contribution < 1.29 is 14.3 Å². The number of anilines is 1. The van der Waals surface area contributed by atoms with Gasteiger partial charge >= 0.3 is 0 Å². The van der Waals surface area contributed by atoms with Gasteiger partial charge in [0.05, 0.1) is 6.61 Å². The third kappa shape index (κ3) is 5.73. The van der Waals surface area contributed by atoms with Gasteiger partial charge in [0.15, 0.2) is 5.76 Å². The molecule has 2 aliphatic rings. The Morgan fingerprint density at radius 1 is 1.18 bits per heavy atom. The predicted octanol–water partition coefficient (Wildman–Crippen LogP) is 1.52. The Kier molecular flexibility index (Phi) is 7.36. The van der Waals surface area contributed by atoms with E-state index in [-0.39, 0.29) is 11.8 Å². The van der Waals surface area contributed by atoms with Crippen LogP contribution in [0.4, 0.5) is 5.69 Å². The Labute approximate surface area is 170 Å². The van der Waals surface area contributed by atoms with E-state index in [1.807, 2.05) is 13.0 Å². The number of hydrogen-bond acceptors (Lipinski definition) is 6. The predicted molar refractivity (Wildman–Crippen MR) is 113 cm³/mol. The summed E-state index contributed by atoms with van der Waals surface area (Å²) in [7, 11) is 2.13. The second-order valence-electron chi connectivity index (χ2n) is 7.09. The second-order valence-corrected chi connectivity index (χ2v) is 8.06. The first-order valence-corrected chi connectivity index (χ1v) is 10.6. The molecule has 7 nitrogen and oxygen atoms in total. The molecule has 0 aromatic heterocycles. The van der Waals surface area contributed by atoms with E-state index in [4.69, 9.17) is 4.74 Å². The van der Waals surface area contributed by atoms with Crippen molar-refractivity contribution in [2.45, 2.75) is 6.92 Å². The molecule has 0 unspecified atom stereocenters. The van der Waals surface area contributed by atoms with Crippen LogP contribution in [0.15, 0.2) is 29.4 Å². The van der Waals surface area contributed by atoms with E-state index in [1.54, 1.807) is 29.3 Å². The summed E-state index contributed by atoms with van der Waals surface area (Å²) in [5.41, 5.74) is 2.05. The Hall–Kier alpha value is -2.03. The molecule has 2 N–H and O–H groups in total. The number of rotatable bonds is 6. The maximum absolute atomic E-state index is 12.5. The van der Waals surface area contributed by atoms with E-state index < -0.39 is 0 Å². The molecule has 1 saturated heterocycles. The number of hydrogen-bond donors (Lipinski definition) is 2. The highest BCUT2D eigenvalue weighted by molar-refractivity contribution is 8.02. The normalized spacial score (nSPS) is 18.1. The fourth-order valence-corrected chi connectivity index (χ4v) is 3.69. The number of aryl methyl sites for hydroxylation is 1. The molecule has 2 amide bonds. The number of likely N-dealkylation sites (N-methyl/N-ethyl adjacent to an activating group) is 1. The number of carbonyl (C=O) groups excluding carboxylic acids is 2. The highest BCUT2D eigenvalue weighted by atomic mass is 32.2. The number of nitrogens with zero attached hydrogens (tertiary/aromatic N) is 2. The van der Waals surface area contributed by atoms with Crippen molar-refractivity contribution >= 4 is 29.3 Å². The van der Waals surface area contributed by atoms with Crippen molar-refractivity contribution in [3.05, 3.63) is 40.5 Å². The largest absolute Gasteiger partial charge is 0.487 e. The lowest BCUT2D eigenvalue weighted by molar-refractivity contribution is -0.116. The standard InChI is InChI=1S/C20H28N4O3S/c1-15-3-4-16(13-17(15)22-20(26)18-14-28-12-11-27-18)19(25)21-5-6-24-9-7-23(2)8-10-24/h3-4,13-14H,5-12H2,1-2H3,(H,21,25)(H,22,26). The topological polar surface area (TPSA) is 73.9 Å². The van der Waals surface area contributed by atoms with Crippen LogP contribution in [0.3, 0.4) is 0 Å². The van der Waals surface area contributed by atoms with Crippen LogP contribution in [0.1, 0.15) is 15.9 Å². The molecule has 8 heteroatoms. The van der Waals surface area contributed by atoms with Gasteiger partial charge in [0.25, 0.3) is 11.8 Å². The van der Waals surface area contributed by atoms with Crippen LogP contribution in [-0.2, 0) is 9.53 Å². The summed E-state index contributed by atoms with van der Waals surface area (Å²) in [6.45, 7) is 8.07. The number of piperazine rings is 1. The summed E-state index contributed by atoms with van der Waals surface area (Å²) in [5, 5.41) is 7.55. The second kappa shape index (κ2) is 9.95. The fourth-order valence-electron chi connectivity index (χ4n) is 3.07.